The third-order valence-corrected chi connectivity index (χ3v) is 3.13. The first-order chi connectivity index (χ1) is 9.63. The van der Waals surface area contributed by atoms with Crippen molar-refractivity contribution in [2.75, 3.05) is 7.11 Å². The van der Waals surface area contributed by atoms with Crippen LogP contribution in [0, 0.1) is 0 Å². The molecule has 0 radical (unpaired) electrons. The standard InChI is InChI=1S/C17H18O3/c1-12(18)17-15(19-3)10-7-11-16(17)20-13(2)14-8-5-4-6-9-14/h4-11,13H,1-3H3. The number of carbonyl (C=O) groups excluding carboxylic acids is 1. The Morgan fingerprint density at radius 1 is 1.00 bits per heavy atom. The fourth-order valence-electron chi connectivity index (χ4n) is 2.11. The van der Waals surface area contributed by atoms with Gasteiger partial charge in [0.05, 0.1) is 7.11 Å². The molecule has 2 aromatic carbocycles. The molecule has 0 amide bonds. The van der Waals surface area contributed by atoms with Crippen LogP contribution in [0.1, 0.15) is 35.9 Å². The highest BCUT2D eigenvalue weighted by molar-refractivity contribution is 5.99. The van der Waals surface area contributed by atoms with Gasteiger partial charge in [0.2, 0.25) is 0 Å². The van der Waals surface area contributed by atoms with Gasteiger partial charge in [-0.1, -0.05) is 36.4 Å². The first-order valence-electron chi connectivity index (χ1n) is 6.53. The zero-order valence-corrected chi connectivity index (χ0v) is 11.9. The minimum Gasteiger partial charge on any atom is -0.496 e. The van der Waals surface area contributed by atoms with Crippen LogP contribution in [-0.2, 0) is 0 Å². The van der Waals surface area contributed by atoms with Crippen LogP contribution in [0.3, 0.4) is 0 Å². The molecule has 104 valence electrons. The van der Waals surface area contributed by atoms with E-state index in [4.69, 9.17) is 9.47 Å². The molecule has 0 saturated heterocycles. The van der Waals surface area contributed by atoms with Gasteiger partial charge in [-0.05, 0) is 31.5 Å². The maximum Gasteiger partial charge on any atom is 0.167 e. The van der Waals surface area contributed by atoms with Gasteiger partial charge in [-0.15, -0.1) is 0 Å². The van der Waals surface area contributed by atoms with E-state index in [2.05, 4.69) is 0 Å². The summed E-state index contributed by atoms with van der Waals surface area (Å²) < 4.78 is 11.2. The Kier molecular flexibility index (Phi) is 4.41. The Bertz CT molecular complexity index is 590. The molecule has 1 unspecified atom stereocenters. The van der Waals surface area contributed by atoms with Gasteiger partial charge >= 0.3 is 0 Å². The van der Waals surface area contributed by atoms with Crippen LogP contribution in [-0.4, -0.2) is 12.9 Å². The van der Waals surface area contributed by atoms with Gasteiger partial charge in [-0.25, -0.2) is 0 Å². The third-order valence-electron chi connectivity index (χ3n) is 3.13. The SMILES string of the molecule is COc1cccc(OC(C)c2ccccc2)c1C(C)=O. The lowest BCUT2D eigenvalue weighted by Gasteiger charge is -2.18. The molecule has 1 atom stereocenters. The summed E-state index contributed by atoms with van der Waals surface area (Å²) in [7, 11) is 1.55. The Hall–Kier alpha value is -2.29. The lowest BCUT2D eigenvalue weighted by atomic mass is 10.1. The Labute approximate surface area is 119 Å². The van der Waals surface area contributed by atoms with Crippen LogP contribution in [0.4, 0.5) is 0 Å². The molecule has 0 N–H and O–H groups in total. The van der Waals surface area contributed by atoms with Crippen LogP contribution in [0.25, 0.3) is 0 Å². The Balaban J connectivity index is 2.32. The molecule has 0 aliphatic heterocycles. The van der Waals surface area contributed by atoms with Crippen LogP contribution < -0.4 is 9.47 Å². The maximum absolute atomic E-state index is 11.8. The minimum atomic E-state index is -0.138. The smallest absolute Gasteiger partial charge is 0.167 e. The third kappa shape index (κ3) is 2.99. The summed E-state index contributed by atoms with van der Waals surface area (Å²) in [4.78, 5) is 11.8. The second kappa shape index (κ2) is 6.24. The molecule has 0 aromatic heterocycles. The highest BCUT2D eigenvalue weighted by Crippen LogP contribution is 2.32. The molecular formula is C17H18O3. The molecule has 0 aliphatic rings. The second-order valence-electron chi connectivity index (χ2n) is 4.56. The van der Waals surface area contributed by atoms with Crippen LogP contribution in [0.5, 0.6) is 11.5 Å². The van der Waals surface area contributed by atoms with Crippen molar-refractivity contribution in [1.82, 2.24) is 0 Å². The predicted molar refractivity (Wildman–Crippen MR) is 78.5 cm³/mol. The average molecular weight is 270 g/mol. The summed E-state index contributed by atoms with van der Waals surface area (Å²) in [6.07, 6.45) is -0.138. The highest BCUT2D eigenvalue weighted by atomic mass is 16.5. The van der Waals surface area contributed by atoms with Crippen molar-refractivity contribution >= 4 is 5.78 Å². The van der Waals surface area contributed by atoms with Gasteiger partial charge in [0.15, 0.2) is 5.78 Å². The quantitative estimate of drug-likeness (QED) is 0.769. The molecule has 0 bridgehead atoms. The van der Waals surface area contributed by atoms with Gasteiger partial charge in [0.1, 0.15) is 23.2 Å². The molecule has 0 saturated carbocycles. The number of rotatable bonds is 5. The molecule has 2 rings (SSSR count). The summed E-state index contributed by atoms with van der Waals surface area (Å²) in [5.41, 5.74) is 1.54. The topological polar surface area (TPSA) is 35.5 Å². The van der Waals surface area contributed by atoms with E-state index >= 15 is 0 Å². The van der Waals surface area contributed by atoms with E-state index < -0.39 is 0 Å². The zero-order chi connectivity index (χ0) is 14.5. The Morgan fingerprint density at radius 3 is 2.25 bits per heavy atom. The lowest BCUT2D eigenvalue weighted by Crippen LogP contribution is -2.07. The van der Waals surface area contributed by atoms with Gasteiger partial charge in [0, 0.05) is 0 Å². The van der Waals surface area contributed by atoms with Crippen LogP contribution in [0.15, 0.2) is 48.5 Å². The molecule has 0 aliphatic carbocycles. The first kappa shape index (κ1) is 14.1. The number of methoxy groups -OCH3 is 1. The molecule has 2 aromatic rings. The molecule has 3 heteroatoms. The number of Topliss-reactive ketones (excluding diaryl/α,β-unsaturated/α-hetero) is 1. The van der Waals surface area contributed by atoms with E-state index in [0.717, 1.165) is 5.56 Å². The molecular weight excluding hydrogens is 252 g/mol. The molecule has 0 spiro atoms. The summed E-state index contributed by atoms with van der Waals surface area (Å²) >= 11 is 0. The summed E-state index contributed by atoms with van der Waals surface area (Å²) in [5, 5.41) is 0. The van der Waals surface area contributed by atoms with Gasteiger partial charge < -0.3 is 9.47 Å². The van der Waals surface area contributed by atoms with E-state index in [1.807, 2.05) is 43.3 Å². The summed E-state index contributed by atoms with van der Waals surface area (Å²) in [6, 6.07) is 15.3. The number of ether oxygens (including phenoxy) is 2. The van der Waals surface area contributed by atoms with Gasteiger partial charge in [-0.3, -0.25) is 4.79 Å². The fraction of sp³-hybridized carbons (Fsp3) is 0.235. The lowest BCUT2D eigenvalue weighted by molar-refractivity contribution is 0.100. The van der Waals surface area contributed by atoms with Crippen molar-refractivity contribution in [3.05, 3.63) is 59.7 Å². The number of hydrogen-bond donors (Lipinski definition) is 0. The number of benzene rings is 2. The van der Waals surface area contributed by atoms with Crippen LogP contribution >= 0.6 is 0 Å². The van der Waals surface area contributed by atoms with Crippen molar-refractivity contribution < 1.29 is 14.3 Å². The predicted octanol–water partition coefficient (Wildman–Crippen LogP) is 4.04. The van der Waals surface area contributed by atoms with E-state index in [0.29, 0.717) is 17.1 Å². The van der Waals surface area contributed by atoms with E-state index in [1.165, 1.54) is 6.92 Å². The largest absolute Gasteiger partial charge is 0.496 e. The fourth-order valence-corrected chi connectivity index (χ4v) is 2.11. The van der Waals surface area contributed by atoms with E-state index in [1.54, 1.807) is 19.2 Å². The molecule has 0 fully saturated rings. The van der Waals surface area contributed by atoms with Crippen molar-refractivity contribution in [3.8, 4) is 11.5 Å². The normalized spacial score (nSPS) is 11.8. The zero-order valence-electron chi connectivity index (χ0n) is 11.9. The molecule has 0 heterocycles. The van der Waals surface area contributed by atoms with E-state index in [-0.39, 0.29) is 11.9 Å². The first-order valence-corrected chi connectivity index (χ1v) is 6.53. The molecule has 3 nitrogen and oxygen atoms in total. The summed E-state index contributed by atoms with van der Waals surface area (Å²) in [5.74, 6) is 1.01. The number of carbonyl (C=O) groups is 1. The monoisotopic (exact) mass is 270 g/mol. The highest BCUT2D eigenvalue weighted by Gasteiger charge is 2.17. The molecule has 20 heavy (non-hydrogen) atoms. The number of hydrogen-bond acceptors (Lipinski definition) is 3. The minimum absolute atomic E-state index is 0.0716. The maximum atomic E-state index is 11.8. The average Bonchev–Trinajstić information content (AvgIpc) is 2.47. The summed E-state index contributed by atoms with van der Waals surface area (Å²) in [6.45, 7) is 3.47. The Morgan fingerprint density at radius 2 is 1.65 bits per heavy atom. The van der Waals surface area contributed by atoms with Crippen LogP contribution in [0.2, 0.25) is 0 Å². The van der Waals surface area contributed by atoms with Crippen molar-refractivity contribution in [2.45, 2.75) is 20.0 Å². The van der Waals surface area contributed by atoms with Gasteiger partial charge in [0.25, 0.3) is 0 Å². The van der Waals surface area contributed by atoms with Crippen molar-refractivity contribution in [1.29, 1.82) is 0 Å². The van der Waals surface area contributed by atoms with Crippen molar-refractivity contribution in [2.24, 2.45) is 0 Å². The number of ketones is 1. The second-order valence-corrected chi connectivity index (χ2v) is 4.56. The van der Waals surface area contributed by atoms with E-state index in [9.17, 15) is 4.79 Å². The van der Waals surface area contributed by atoms with Gasteiger partial charge in [-0.2, -0.15) is 0 Å². The van der Waals surface area contributed by atoms with Crippen molar-refractivity contribution in [3.63, 3.8) is 0 Å².